The van der Waals surface area contributed by atoms with Gasteiger partial charge in [-0.05, 0) is 32.9 Å². The Labute approximate surface area is 205 Å². The van der Waals surface area contributed by atoms with Crippen LogP contribution in [0.4, 0.5) is 0 Å². The first kappa shape index (κ1) is 26.2. The van der Waals surface area contributed by atoms with Crippen LogP contribution in [0.15, 0.2) is 43.0 Å². The lowest BCUT2D eigenvalue weighted by Gasteiger charge is -2.43. The zero-order valence-electron chi connectivity index (χ0n) is 20.5. The van der Waals surface area contributed by atoms with E-state index in [-0.39, 0.29) is 19.8 Å². The lowest BCUT2D eigenvalue weighted by atomic mass is 9.98. The van der Waals surface area contributed by atoms with E-state index in [9.17, 15) is 9.90 Å². The number of fused-ring (bicyclic) bond motifs is 1. The normalized spacial score (nSPS) is 38.1. The van der Waals surface area contributed by atoms with Crippen molar-refractivity contribution in [1.82, 2.24) is 0 Å². The SMILES string of the molecule is C=CCO[C@@H]1[C@@H](OC(=O)c2ccccc2)[C@H](O)[C@H](OC[C@@]23CO[C@@H](OC)[C@@H]2OC(C)(C)O3)O[C@H]1C. The maximum absolute atomic E-state index is 12.8. The van der Waals surface area contributed by atoms with E-state index in [4.69, 9.17) is 37.9 Å². The van der Waals surface area contributed by atoms with E-state index in [0.717, 1.165) is 0 Å². The summed E-state index contributed by atoms with van der Waals surface area (Å²) in [5, 5.41) is 11.2. The van der Waals surface area contributed by atoms with Gasteiger partial charge < -0.3 is 43.0 Å². The molecule has 4 rings (SSSR count). The smallest absolute Gasteiger partial charge is 0.338 e. The number of esters is 1. The van der Waals surface area contributed by atoms with E-state index >= 15 is 0 Å². The molecule has 3 fully saturated rings. The van der Waals surface area contributed by atoms with Gasteiger partial charge in [-0.25, -0.2) is 4.79 Å². The van der Waals surface area contributed by atoms with Crippen molar-refractivity contribution < 1.29 is 47.8 Å². The number of rotatable bonds is 9. The Bertz CT molecular complexity index is 876. The number of aliphatic hydroxyl groups excluding tert-OH is 1. The van der Waals surface area contributed by atoms with Crippen LogP contribution >= 0.6 is 0 Å². The number of carbonyl (C=O) groups is 1. The monoisotopic (exact) mass is 494 g/mol. The van der Waals surface area contributed by atoms with Crippen LogP contribution in [0, 0.1) is 0 Å². The number of aliphatic hydroxyl groups is 1. The van der Waals surface area contributed by atoms with Crippen molar-refractivity contribution in [2.24, 2.45) is 0 Å². The van der Waals surface area contributed by atoms with Gasteiger partial charge in [-0.3, -0.25) is 0 Å². The van der Waals surface area contributed by atoms with Crippen LogP contribution in [0.5, 0.6) is 0 Å². The van der Waals surface area contributed by atoms with Crippen LogP contribution in [0.25, 0.3) is 0 Å². The van der Waals surface area contributed by atoms with Crippen molar-refractivity contribution in [3.63, 3.8) is 0 Å². The van der Waals surface area contributed by atoms with E-state index in [1.54, 1.807) is 57.2 Å². The van der Waals surface area contributed by atoms with Crippen LogP contribution in [0.2, 0.25) is 0 Å². The van der Waals surface area contributed by atoms with Gasteiger partial charge >= 0.3 is 5.97 Å². The molecule has 10 heteroatoms. The second-order valence-electron chi connectivity index (χ2n) is 9.35. The second kappa shape index (κ2) is 10.6. The molecule has 3 saturated heterocycles. The molecule has 0 unspecified atom stereocenters. The lowest BCUT2D eigenvalue weighted by Crippen LogP contribution is -2.60. The Morgan fingerprint density at radius 1 is 1.20 bits per heavy atom. The maximum Gasteiger partial charge on any atom is 0.338 e. The van der Waals surface area contributed by atoms with E-state index in [1.165, 1.54) is 7.11 Å². The van der Waals surface area contributed by atoms with Crippen molar-refractivity contribution >= 4 is 5.97 Å². The molecule has 0 spiro atoms. The molecular weight excluding hydrogens is 460 g/mol. The quantitative estimate of drug-likeness (QED) is 0.403. The standard InChI is InChI=1S/C25H34O10/c1-6-12-29-18-15(2)32-22(17(26)19(18)33-21(27)16-10-8-7-9-11-16)30-13-25-14-31-23(28-5)20(25)34-24(3,4)35-25/h6-11,15,17-20,22-23,26H,1,12-14H2,2-5H3/t15-,17-,18-,19-,20-,22+,23+,25+/m0/s1. The lowest BCUT2D eigenvalue weighted by molar-refractivity contribution is -0.308. The molecule has 0 bridgehead atoms. The number of ether oxygens (including phenoxy) is 8. The molecule has 194 valence electrons. The summed E-state index contributed by atoms with van der Waals surface area (Å²) in [6.45, 7) is 9.38. The zero-order chi connectivity index (χ0) is 25.2. The maximum atomic E-state index is 12.8. The Hall–Kier alpha value is -1.89. The fourth-order valence-corrected chi connectivity index (χ4v) is 4.71. The summed E-state index contributed by atoms with van der Waals surface area (Å²) in [7, 11) is 1.53. The summed E-state index contributed by atoms with van der Waals surface area (Å²) in [5.41, 5.74) is -0.601. The summed E-state index contributed by atoms with van der Waals surface area (Å²) < 4.78 is 46.7. The van der Waals surface area contributed by atoms with E-state index in [2.05, 4.69) is 6.58 Å². The van der Waals surface area contributed by atoms with Crippen LogP contribution in [0.3, 0.4) is 0 Å². The third-order valence-electron chi connectivity index (χ3n) is 6.25. The Balaban J connectivity index is 1.49. The first-order valence-corrected chi connectivity index (χ1v) is 11.7. The highest BCUT2D eigenvalue weighted by molar-refractivity contribution is 5.89. The molecule has 0 aliphatic carbocycles. The molecule has 0 saturated carbocycles. The Morgan fingerprint density at radius 2 is 1.94 bits per heavy atom. The third kappa shape index (κ3) is 5.45. The third-order valence-corrected chi connectivity index (χ3v) is 6.25. The molecule has 8 atom stereocenters. The van der Waals surface area contributed by atoms with Crippen molar-refractivity contribution in [3.8, 4) is 0 Å². The van der Waals surface area contributed by atoms with Gasteiger partial charge in [-0.15, -0.1) is 6.58 Å². The molecule has 1 N–H and O–H groups in total. The molecule has 3 aliphatic heterocycles. The highest BCUT2D eigenvalue weighted by Crippen LogP contribution is 2.44. The van der Waals surface area contributed by atoms with Crippen molar-refractivity contribution in [1.29, 1.82) is 0 Å². The number of hydrogen-bond donors (Lipinski definition) is 1. The number of carbonyl (C=O) groups excluding carboxylic acids is 1. The van der Waals surface area contributed by atoms with Crippen LogP contribution in [-0.2, 0) is 37.9 Å². The molecule has 0 radical (unpaired) electrons. The highest BCUT2D eigenvalue weighted by Gasteiger charge is 2.62. The largest absolute Gasteiger partial charge is 0.453 e. The van der Waals surface area contributed by atoms with Crippen molar-refractivity contribution in [2.45, 2.75) is 75.3 Å². The summed E-state index contributed by atoms with van der Waals surface area (Å²) in [5.74, 6) is -1.46. The fraction of sp³-hybridized carbons (Fsp3) is 0.640. The molecule has 1 aromatic carbocycles. The van der Waals surface area contributed by atoms with Gasteiger partial charge in [-0.2, -0.15) is 0 Å². The highest BCUT2D eigenvalue weighted by atomic mass is 16.8. The molecule has 1 aromatic rings. The molecule has 35 heavy (non-hydrogen) atoms. The summed E-state index contributed by atoms with van der Waals surface area (Å²) in [4.78, 5) is 12.8. The molecule has 10 nitrogen and oxygen atoms in total. The molecule has 3 aliphatic rings. The van der Waals surface area contributed by atoms with Crippen LogP contribution < -0.4 is 0 Å². The van der Waals surface area contributed by atoms with E-state index in [0.29, 0.717) is 5.56 Å². The molecule has 0 aromatic heterocycles. The van der Waals surface area contributed by atoms with E-state index in [1.807, 2.05) is 0 Å². The first-order chi connectivity index (χ1) is 16.7. The van der Waals surface area contributed by atoms with Crippen molar-refractivity contribution in [2.75, 3.05) is 26.9 Å². The average molecular weight is 495 g/mol. The molecular formula is C25H34O10. The number of benzene rings is 1. The van der Waals surface area contributed by atoms with Gasteiger partial charge in [0.1, 0.15) is 23.9 Å². The second-order valence-corrected chi connectivity index (χ2v) is 9.35. The van der Waals surface area contributed by atoms with Gasteiger partial charge in [0.05, 0.1) is 31.5 Å². The van der Waals surface area contributed by atoms with Crippen LogP contribution in [-0.4, -0.2) is 92.5 Å². The summed E-state index contributed by atoms with van der Waals surface area (Å²) in [6, 6.07) is 8.53. The summed E-state index contributed by atoms with van der Waals surface area (Å²) in [6.07, 6.45) is -4.38. The van der Waals surface area contributed by atoms with Gasteiger partial charge in [0.2, 0.25) is 0 Å². The topological polar surface area (TPSA) is 111 Å². The Morgan fingerprint density at radius 3 is 2.63 bits per heavy atom. The summed E-state index contributed by atoms with van der Waals surface area (Å²) >= 11 is 0. The van der Waals surface area contributed by atoms with Crippen LogP contribution in [0.1, 0.15) is 31.1 Å². The number of hydrogen-bond acceptors (Lipinski definition) is 10. The number of methoxy groups -OCH3 is 1. The first-order valence-electron chi connectivity index (χ1n) is 11.7. The van der Waals surface area contributed by atoms with Gasteiger partial charge in [-0.1, -0.05) is 24.3 Å². The van der Waals surface area contributed by atoms with Gasteiger partial charge in [0.15, 0.2) is 24.5 Å². The zero-order valence-corrected chi connectivity index (χ0v) is 20.5. The van der Waals surface area contributed by atoms with Gasteiger partial charge in [0, 0.05) is 7.11 Å². The predicted octanol–water partition coefficient (Wildman–Crippen LogP) is 1.80. The molecule has 3 heterocycles. The fourth-order valence-electron chi connectivity index (χ4n) is 4.71. The average Bonchev–Trinajstić information content (AvgIpc) is 3.29. The van der Waals surface area contributed by atoms with Gasteiger partial charge in [0.25, 0.3) is 0 Å². The predicted molar refractivity (Wildman–Crippen MR) is 121 cm³/mol. The minimum absolute atomic E-state index is 0.00701. The van der Waals surface area contributed by atoms with E-state index < -0.39 is 60.5 Å². The minimum Gasteiger partial charge on any atom is -0.453 e. The Kier molecular flexibility index (Phi) is 7.94. The molecule has 0 amide bonds. The van der Waals surface area contributed by atoms with Crippen molar-refractivity contribution in [3.05, 3.63) is 48.6 Å². The minimum atomic E-state index is -1.33.